The largest absolute Gasteiger partial charge is 0.0622 e. The molecule has 0 N–H and O–H groups in total. The third-order valence-electron chi connectivity index (χ3n) is 10.2. The van der Waals surface area contributed by atoms with E-state index in [4.69, 9.17) is 0 Å². The number of rotatable bonds is 12. The number of benzene rings is 9. The third-order valence-corrected chi connectivity index (χ3v) is 20.8. The first kappa shape index (κ1) is 38.2. The van der Waals surface area contributed by atoms with E-state index in [1.165, 1.54) is 63.7 Å². The molecule has 9 aromatic rings. The maximum atomic E-state index is 2.45. The minimum absolute atomic E-state index is 0.878. The second kappa shape index (κ2) is 18.5. The zero-order valence-electron chi connectivity index (χ0n) is 32.0. The first-order valence-corrected chi connectivity index (χ1v) is 25.0. The van der Waals surface area contributed by atoms with Crippen LogP contribution in [0.4, 0.5) is 0 Å². The lowest BCUT2D eigenvalue weighted by Gasteiger charge is -2.33. The Balaban J connectivity index is 1.36. The van der Waals surface area contributed by atoms with Crippen molar-refractivity contribution in [1.29, 1.82) is 0 Å². The standard InChI is InChI=1S/C54H42P4/c1-7-25-43(26-8-1)55(44-27-9-2-10-28-44)49-37-19-22-40-52(49)58(53-41-23-20-38-50(53)56(45-29-11-3-12-30-45)46-31-13-4-14-32-46)54-42-24-21-39-51(54)57(47-33-15-5-16-34-47)48-35-17-6-18-36-48/h1-42H. The zero-order chi connectivity index (χ0) is 38.9. The minimum atomic E-state index is -1.10. The first-order valence-electron chi connectivity index (χ1n) is 19.6. The summed E-state index contributed by atoms with van der Waals surface area (Å²) in [5.41, 5.74) is 0. The van der Waals surface area contributed by atoms with Crippen LogP contribution in [0.5, 0.6) is 0 Å². The summed E-state index contributed by atoms with van der Waals surface area (Å²) in [6.45, 7) is 0. The number of hydrogen-bond donors (Lipinski definition) is 0. The second-order valence-electron chi connectivity index (χ2n) is 13.8. The van der Waals surface area contributed by atoms with Gasteiger partial charge in [-0.15, -0.1) is 0 Å². The molecule has 0 heterocycles. The summed E-state index contributed by atoms with van der Waals surface area (Å²) in [5, 5.41) is 16.7. The molecule has 0 aliphatic carbocycles. The van der Waals surface area contributed by atoms with Crippen molar-refractivity contribution in [3.63, 3.8) is 0 Å². The van der Waals surface area contributed by atoms with Crippen LogP contribution < -0.4 is 63.7 Å². The summed E-state index contributed by atoms with van der Waals surface area (Å²) in [4.78, 5) is 0. The van der Waals surface area contributed by atoms with E-state index in [1.807, 2.05) is 0 Å². The first-order chi connectivity index (χ1) is 28.8. The lowest BCUT2D eigenvalue weighted by molar-refractivity contribution is 1.74. The van der Waals surface area contributed by atoms with Crippen LogP contribution in [0.3, 0.4) is 0 Å². The molecule has 0 amide bonds. The smallest absolute Gasteiger partial charge is 0.00671 e. The van der Waals surface area contributed by atoms with E-state index in [2.05, 4.69) is 255 Å². The Kier molecular flexibility index (Phi) is 12.2. The molecule has 0 fully saturated rings. The highest BCUT2D eigenvalue weighted by atomic mass is 31.1. The maximum absolute atomic E-state index is 2.45. The molecule has 0 unspecified atom stereocenters. The van der Waals surface area contributed by atoms with E-state index < -0.39 is 31.7 Å². The predicted molar refractivity (Wildman–Crippen MR) is 261 cm³/mol. The van der Waals surface area contributed by atoms with Gasteiger partial charge in [-0.1, -0.05) is 255 Å². The maximum Gasteiger partial charge on any atom is -0.00671 e. The highest BCUT2D eigenvalue weighted by Gasteiger charge is 2.32. The normalized spacial score (nSPS) is 11.4. The molecule has 0 radical (unpaired) electrons. The van der Waals surface area contributed by atoms with E-state index in [-0.39, 0.29) is 0 Å². The van der Waals surface area contributed by atoms with Gasteiger partial charge in [-0.2, -0.15) is 0 Å². The fraction of sp³-hybridized carbons (Fsp3) is 0. The Labute approximate surface area is 348 Å². The van der Waals surface area contributed by atoms with E-state index in [1.54, 1.807) is 0 Å². The van der Waals surface area contributed by atoms with E-state index in [0.29, 0.717) is 0 Å². The van der Waals surface area contributed by atoms with Gasteiger partial charge in [0.25, 0.3) is 0 Å². The Morgan fingerprint density at radius 2 is 0.276 bits per heavy atom. The van der Waals surface area contributed by atoms with Crippen molar-refractivity contribution < 1.29 is 0 Å². The van der Waals surface area contributed by atoms with Crippen LogP contribution in [-0.4, -0.2) is 0 Å². The van der Waals surface area contributed by atoms with Crippen LogP contribution in [0.2, 0.25) is 0 Å². The molecule has 0 aliphatic heterocycles. The Bertz CT molecular complexity index is 2250. The highest BCUT2D eigenvalue weighted by Crippen LogP contribution is 2.44. The molecule has 0 aromatic heterocycles. The SMILES string of the molecule is c1ccc(P(c2ccccc2)c2ccccc2P(c2ccccc2P(c2ccccc2)c2ccccc2)c2ccccc2P(c2ccccc2)c2ccccc2)cc1. The highest BCUT2D eigenvalue weighted by molar-refractivity contribution is 7.89. The van der Waals surface area contributed by atoms with Crippen molar-refractivity contribution >= 4 is 95.3 Å². The van der Waals surface area contributed by atoms with Crippen LogP contribution in [0.1, 0.15) is 0 Å². The molecule has 0 aliphatic rings. The van der Waals surface area contributed by atoms with Crippen LogP contribution in [0.15, 0.2) is 255 Å². The van der Waals surface area contributed by atoms with E-state index in [9.17, 15) is 0 Å². The van der Waals surface area contributed by atoms with Gasteiger partial charge in [0.05, 0.1) is 0 Å². The predicted octanol–water partition coefficient (Wildman–Crippen LogP) is 8.72. The summed E-state index contributed by atoms with van der Waals surface area (Å²) in [6.07, 6.45) is 0. The Hall–Kier alpha value is -5.30. The molecular weight excluding hydrogens is 772 g/mol. The molecule has 4 heteroatoms. The molecule has 0 saturated carbocycles. The molecule has 0 atom stereocenters. The van der Waals surface area contributed by atoms with Crippen molar-refractivity contribution in [3.05, 3.63) is 255 Å². The van der Waals surface area contributed by atoms with Crippen molar-refractivity contribution in [3.8, 4) is 0 Å². The lowest BCUT2D eigenvalue weighted by atomic mass is 10.3. The summed E-state index contributed by atoms with van der Waals surface area (Å²) < 4.78 is 0. The molecule has 278 valence electrons. The third kappa shape index (κ3) is 8.18. The van der Waals surface area contributed by atoms with E-state index in [0.717, 1.165) is 0 Å². The summed E-state index contributed by atoms with van der Waals surface area (Å²) in [6, 6.07) is 95.4. The van der Waals surface area contributed by atoms with Gasteiger partial charge in [-0.25, -0.2) is 0 Å². The van der Waals surface area contributed by atoms with Gasteiger partial charge < -0.3 is 0 Å². The van der Waals surface area contributed by atoms with Crippen molar-refractivity contribution in [2.75, 3.05) is 0 Å². The molecule has 0 nitrogen and oxygen atoms in total. The number of hydrogen-bond acceptors (Lipinski definition) is 0. The monoisotopic (exact) mass is 814 g/mol. The lowest BCUT2D eigenvalue weighted by Crippen LogP contribution is -2.42. The summed E-state index contributed by atoms with van der Waals surface area (Å²) >= 11 is 0. The quantitative estimate of drug-likeness (QED) is 0.108. The second-order valence-corrected chi connectivity index (χ2v) is 22.5. The van der Waals surface area contributed by atoms with Crippen molar-refractivity contribution in [2.24, 2.45) is 0 Å². The minimum Gasteiger partial charge on any atom is -0.0622 e. The molecule has 9 rings (SSSR count). The molecule has 9 aromatic carbocycles. The van der Waals surface area contributed by atoms with E-state index >= 15 is 0 Å². The van der Waals surface area contributed by atoms with Gasteiger partial charge in [0, 0.05) is 0 Å². The van der Waals surface area contributed by atoms with Gasteiger partial charge in [0.1, 0.15) is 0 Å². The van der Waals surface area contributed by atoms with Gasteiger partial charge in [0.2, 0.25) is 0 Å². The molecule has 0 spiro atoms. The molecular formula is C54H42P4. The van der Waals surface area contributed by atoms with Crippen LogP contribution in [0, 0.1) is 0 Å². The molecule has 58 heavy (non-hydrogen) atoms. The van der Waals surface area contributed by atoms with Crippen LogP contribution in [-0.2, 0) is 0 Å². The topological polar surface area (TPSA) is 0 Å². The van der Waals surface area contributed by atoms with Crippen LogP contribution in [0.25, 0.3) is 0 Å². The Morgan fingerprint density at radius 3 is 0.448 bits per heavy atom. The van der Waals surface area contributed by atoms with Crippen LogP contribution >= 0.6 is 31.7 Å². The molecule has 0 saturated heterocycles. The Morgan fingerprint density at radius 1 is 0.138 bits per heavy atom. The van der Waals surface area contributed by atoms with Gasteiger partial charge in [0.15, 0.2) is 0 Å². The summed E-state index contributed by atoms with van der Waals surface area (Å²) in [7, 11) is -3.73. The molecule has 0 bridgehead atoms. The van der Waals surface area contributed by atoms with Gasteiger partial charge >= 0.3 is 0 Å². The zero-order valence-corrected chi connectivity index (χ0v) is 35.6. The average molecular weight is 815 g/mol. The fourth-order valence-electron chi connectivity index (χ4n) is 7.66. The fourth-order valence-corrected chi connectivity index (χ4v) is 18.9. The van der Waals surface area contributed by atoms with Gasteiger partial charge in [-0.05, 0) is 95.3 Å². The van der Waals surface area contributed by atoms with Crippen molar-refractivity contribution in [1.82, 2.24) is 0 Å². The van der Waals surface area contributed by atoms with Crippen molar-refractivity contribution in [2.45, 2.75) is 0 Å². The summed E-state index contributed by atoms with van der Waals surface area (Å²) in [5.74, 6) is 0. The van der Waals surface area contributed by atoms with Gasteiger partial charge in [-0.3, -0.25) is 0 Å². The average Bonchev–Trinajstić information content (AvgIpc) is 3.30.